The van der Waals surface area contributed by atoms with Crippen LogP contribution in [-0.2, 0) is 36.7 Å². The minimum absolute atomic E-state index is 0.0592. The Kier molecular flexibility index (Phi) is 8.56. The Hall–Kier alpha value is -2.75. The van der Waals surface area contributed by atoms with E-state index in [9.17, 15) is 19.0 Å². The van der Waals surface area contributed by atoms with Crippen LogP contribution in [-0.4, -0.2) is 95.4 Å². The number of imidazole rings is 1. The molecule has 3 aliphatic rings. The molecule has 0 saturated carbocycles. The molecular weight excluding hydrogens is 695 g/mol. The summed E-state index contributed by atoms with van der Waals surface area (Å²) in [6.07, 6.45) is -9.33. The molecule has 246 valence electrons. The highest BCUT2D eigenvalue weighted by Crippen LogP contribution is 2.65. The number of aliphatic hydroxyl groups is 1. The molecule has 3 aromatic heterocycles. The standard InChI is InChI=1S/C22H24FN9O10P2S2/c23-12-16-11(40-21(12)31-7-28-14-18(24)26-6-27-20(14)31)4-37-43(35)41-17-15(33)10(5-38-44(36,42-16)46-45)39-22(17)32-9-3-1-2-8(19(25)34)13(9)29-30-32/h1-3,6-7,10-12,15-17,21-22,33,43,45H,4-5H2,(H2,25,34)(H2,24,26,27)/t10-,11-,12-,15-,16-,17-,21-,22-,44?/m1/s1. The first-order valence-electron chi connectivity index (χ1n) is 13.4. The second kappa shape index (κ2) is 12.4. The van der Waals surface area contributed by atoms with Crippen molar-refractivity contribution < 1.29 is 51.0 Å². The summed E-state index contributed by atoms with van der Waals surface area (Å²) in [7, 11) is -3.08. The third kappa shape index (κ3) is 5.50. The first kappa shape index (κ1) is 31.8. The summed E-state index contributed by atoms with van der Waals surface area (Å²) in [6, 6.07) is 4.57. The maximum Gasteiger partial charge on any atom is 0.399 e. The van der Waals surface area contributed by atoms with Crippen molar-refractivity contribution in [3.05, 3.63) is 36.4 Å². The number of nitrogens with two attached hydrogens (primary N) is 2. The van der Waals surface area contributed by atoms with Gasteiger partial charge in [-0.25, -0.2) is 28.6 Å². The van der Waals surface area contributed by atoms with Gasteiger partial charge in [0.2, 0.25) is 0 Å². The number of nitrogen functional groups attached to an aromatic ring is 1. The SMILES string of the molecule is NC(=O)c1cccc2c1nnn2[C@@H]1O[C@@H]2COP(=O)(SS)O[C@H]3[C@@H](F)[C@H](n4cnc5c(N)ncnc54)O[C@@H]3CO[PH](=O)O[C@@H]1[C@@H]2O. The van der Waals surface area contributed by atoms with Crippen LogP contribution in [0.4, 0.5) is 10.2 Å². The molecule has 0 aliphatic carbocycles. The van der Waals surface area contributed by atoms with Gasteiger partial charge in [-0.3, -0.25) is 27.5 Å². The summed E-state index contributed by atoms with van der Waals surface area (Å²) in [4.78, 5) is 24.0. The molecule has 2 bridgehead atoms. The van der Waals surface area contributed by atoms with Gasteiger partial charge in [0.1, 0.15) is 47.9 Å². The van der Waals surface area contributed by atoms with E-state index >= 15 is 4.39 Å². The molecule has 19 nitrogen and oxygen atoms in total. The van der Waals surface area contributed by atoms with E-state index in [1.54, 1.807) is 6.07 Å². The highest BCUT2D eigenvalue weighted by Gasteiger charge is 2.53. The highest BCUT2D eigenvalue weighted by atomic mass is 33.3. The Morgan fingerprint density at radius 2 is 1.96 bits per heavy atom. The number of aromatic nitrogens is 7. The van der Waals surface area contributed by atoms with Gasteiger partial charge in [-0.15, -0.1) is 5.10 Å². The monoisotopic (exact) mass is 719 g/mol. The van der Waals surface area contributed by atoms with Crippen molar-refractivity contribution in [2.75, 3.05) is 18.9 Å². The molecule has 3 aliphatic heterocycles. The lowest BCUT2D eigenvalue weighted by atomic mass is 10.1. The number of aliphatic hydroxyl groups excluding tert-OH is 1. The van der Waals surface area contributed by atoms with Gasteiger partial charge in [-0.1, -0.05) is 22.9 Å². The minimum atomic E-state index is -4.29. The number of carbonyl (C=O) groups excluding carboxylic acids is 1. The molecule has 4 aromatic rings. The van der Waals surface area contributed by atoms with Crippen molar-refractivity contribution in [2.45, 2.75) is 49.1 Å². The maximum absolute atomic E-state index is 16.1. The number of nitrogens with zero attached hydrogens (tertiary/aromatic N) is 7. The molecule has 7 rings (SSSR count). The van der Waals surface area contributed by atoms with E-state index in [2.05, 4.69) is 36.9 Å². The molecule has 6 heterocycles. The van der Waals surface area contributed by atoms with Crippen LogP contribution in [0.2, 0.25) is 0 Å². The topological polar surface area (TPSA) is 253 Å². The van der Waals surface area contributed by atoms with Crippen LogP contribution in [0.5, 0.6) is 0 Å². The zero-order valence-corrected chi connectivity index (χ0v) is 26.6. The van der Waals surface area contributed by atoms with E-state index in [0.29, 0.717) is 10.4 Å². The summed E-state index contributed by atoms with van der Waals surface area (Å²) >= 11 is 4.03. The number of anilines is 1. The molecule has 5 N–H and O–H groups in total. The maximum atomic E-state index is 16.1. The molecule has 0 radical (unpaired) electrons. The van der Waals surface area contributed by atoms with Gasteiger partial charge in [0.15, 0.2) is 30.1 Å². The number of hydrogen-bond donors (Lipinski definition) is 4. The lowest BCUT2D eigenvalue weighted by Crippen LogP contribution is -2.35. The normalized spacial score (nSPS) is 35.4. The van der Waals surface area contributed by atoms with Crippen molar-refractivity contribution >= 4 is 71.0 Å². The number of halogens is 1. The van der Waals surface area contributed by atoms with Crippen molar-refractivity contribution in [3.63, 3.8) is 0 Å². The summed E-state index contributed by atoms with van der Waals surface area (Å²) < 4.78 is 79.6. The molecule has 3 fully saturated rings. The van der Waals surface area contributed by atoms with Gasteiger partial charge in [0.25, 0.3) is 5.91 Å². The molecule has 3 saturated heterocycles. The molecule has 2 unspecified atom stereocenters. The predicted molar refractivity (Wildman–Crippen MR) is 159 cm³/mol. The number of fused-ring (bicyclic) bond motifs is 5. The number of rotatable bonds is 4. The average Bonchev–Trinajstić information content (AvgIpc) is 3.80. The first-order chi connectivity index (χ1) is 22.1. The number of hydrogen-bond acceptors (Lipinski definition) is 18. The van der Waals surface area contributed by atoms with Crippen LogP contribution in [0.15, 0.2) is 30.9 Å². The lowest BCUT2D eigenvalue weighted by Gasteiger charge is -2.25. The minimum Gasteiger partial charge on any atom is -0.387 e. The van der Waals surface area contributed by atoms with Gasteiger partial charge < -0.3 is 30.6 Å². The average molecular weight is 720 g/mol. The predicted octanol–water partition coefficient (Wildman–Crippen LogP) is 1.34. The number of amides is 1. The number of alkyl halides is 1. The smallest absolute Gasteiger partial charge is 0.387 e. The van der Waals surface area contributed by atoms with Gasteiger partial charge in [-0.05, 0) is 12.1 Å². The van der Waals surface area contributed by atoms with Crippen LogP contribution < -0.4 is 11.5 Å². The summed E-state index contributed by atoms with van der Waals surface area (Å²) in [6.45, 7) is -5.42. The molecule has 10 atom stereocenters. The molecule has 1 aromatic carbocycles. The van der Waals surface area contributed by atoms with Crippen LogP contribution in [0, 0.1) is 0 Å². The van der Waals surface area contributed by atoms with Crippen molar-refractivity contribution in [1.29, 1.82) is 0 Å². The zero-order valence-electron chi connectivity index (χ0n) is 23.0. The van der Waals surface area contributed by atoms with E-state index < -0.39 is 83.3 Å². The molecule has 0 spiro atoms. The Morgan fingerprint density at radius 1 is 1.15 bits per heavy atom. The van der Waals surface area contributed by atoms with E-state index in [-0.39, 0.29) is 33.6 Å². The second-order valence-electron chi connectivity index (χ2n) is 10.3. The third-order valence-electron chi connectivity index (χ3n) is 7.60. The Labute approximate surface area is 266 Å². The fourth-order valence-electron chi connectivity index (χ4n) is 5.45. The van der Waals surface area contributed by atoms with Crippen LogP contribution >= 0.6 is 37.1 Å². The number of ether oxygens (including phenoxy) is 2. The molecular formula is C22H24FN9O10P2S2. The number of thiol groups is 1. The number of primary amides is 1. The largest absolute Gasteiger partial charge is 0.399 e. The van der Waals surface area contributed by atoms with Crippen molar-refractivity contribution in [3.8, 4) is 0 Å². The summed E-state index contributed by atoms with van der Waals surface area (Å²) in [5.41, 5.74) is 12.2. The lowest BCUT2D eigenvalue weighted by molar-refractivity contribution is -0.0604. The van der Waals surface area contributed by atoms with E-state index in [1.165, 1.54) is 34.0 Å². The van der Waals surface area contributed by atoms with Crippen LogP contribution in [0.3, 0.4) is 0 Å². The van der Waals surface area contributed by atoms with E-state index in [1.807, 2.05) is 0 Å². The fourth-order valence-corrected chi connectivity index (χ4v) is 8.83. The molecule has 24 heteroatoms. The van der Waals surface area contributed by atoms with Gasteiger partial charge in [-0.2, -0.15) is 0 Å². The Balaban J connectivity index is 1.19. The third-order valence-corrected chi connectivity index (χ3v) is 12.6. The van der Waals surface area contributed by atoms with Crippen LogP contribution in [0.25, 0.3) is 22.2 Å². The quantitative estimate of drug-likeness (QED) is 0.132. The molecule has 1 amide bonds. The van der Waals surface area contributed by atoms with Gasteiger partial charge >= 0.3 is 15.1 Å². The number of benzene rings is 1. The number of carbonyl (C=O) groups is 1. The Morgan fingerprint density at radius 3 is 2.74 bits per heavy atom. The Bertz CT molecular complexity index is 1890. The summed E-state index contributed by atoms with van der Waals surface area (Å²) in [5, 5.41) is 19.2. The van der Waals surface area contributed by atoms with Crippen molar-refractivity contribution in [1.82, 2.24) is 34.5 Å². The van der Waals surface area contributed by atoms with Crippen molar-refractivity contribution in [2.24, 2.45) is 5.73 Å². The van der Waals surface area contributed by atoms with E-state index in [0.717, 1.165) is 0 Å². The molecule has 46 heavy (non-hydrogen) atoms. The van der Waals surface area contributed by atoms with Gasteiger partial charge in [0.05, 0.1) is 30.6 Å². The highest BCUT2D eigenvalue weighted by molar-refractivity contribution is 8.93. The van der Waals surface area contributed by atoms with E-state index in [4.69, 9.17) is 39.0 Å². The van der Waals surface area contributed by atoms with Crippen LogP contribution in [0.1, 0.15) is 22.8 Å². The summed E-state index contributed by atoms with van der Waals surface area (Å²) in [5.74, 6) is -0.690. The fraction of sp³-hybridized carbons (Fsp3) is 0.455. The first-order valence-corrected chi connectivity index (χ1v) is 18.6. The van der Waals surface area contributed by atoms with Gasteiger partial charge in [0, 0.05) is 10.4 Å². The second-order valence-corrected chi connectivity index (χ2v) is 16.1. The zero-order chi connectivity index (χ0) is 32.3.